The summed E-state index contributed by atoms with van der Waals surface area (Å²) in [6, 6.07) is 8.61. The van der Waals surface area contributed by atoms with Crippen LogP contribution in [0, 0.1) is 5.92 Å². The summed E-state index contributed by atoms with van der Waals surface area (Å²) in [6.07, 6.45) is 2.69. The summed E-state index contributed by atoms with van der Waals surface area (Å²) in [4.78, 5) is 24.9. The number of esters is 1. The Balaban J connectivity index is 2.80. The number of hydrogen-bond acceptors (Lipinski definition) is 6. The van der Waals surface area contributed by atoms with Crippen LogP contribution in [0.5, 0.6) is 0 Å². The van der Waals surface area contributed by atoms with Crippen LogP contribution < -0.4 is 10.0 Å². The van der Waals surface area contributed by atoms with E-state index in [1.54, 1.807) is 6.92 Å². The maximum absolute atomic E-state index is 12.6. The number of carbonyl (C=O) groups excluding carboxylic acids is 2. The topological polar surface area (TPSA) is 102 Å². The van der Waals surface area contributed by atoms with Crippen LogP contribution in [0.25, 0.3) is 0 Å². The fraction of sp³-hybridized carbons (Fsp3) is 0.579. The Bertz CT molecular complexity index is 710. The average molecular weight is 431 g/mol. The molecule has 0 saturated carbocycles. The van der Waals surface area contributed by atoms with Crippen molar-refractivity contribution in [2.75, 3.05) is 30.9 Å². The largest absolute Gasteiger partial charge is 0.466 e. The van der Waals surface area contributed by atoms with E-state index >= 15 is 0 Å². The second-order valence-electron chi connectivity index (χ2n) is 6.24. The molecular weight excluding hydrogens is 400 g/mol. The number of carbonyl (C=O) groups is 2. The first kappa shape index (κ1) is 24.5. The van der Waals surface area contributed by atoms with Crippen molar-refractivity contribution in [3.05, 3.63) is 35.9 Å². The third kappa shape index (κ3) is 9.07. The van der Waals surface area contributed by atoms with Crippen molar-refractivity contribution >= 4 is 33.7 Å². The molecule has 158 valence electrons. The van der Waals surface area contributed by atoms with E-state index in [-0.39, 0.29) is 24.9 Å². The van der Waals surface area contributed by atoms with Crippen molar-refractivity contribution in [3.8, 4) is 0 Å². The first-order valence-electron chi connectivity index (χ1n) is 9.30. The van der Waals surface area contributed by atoms with Gasteiger partial charge in [0.2, 0.25) is 15.9 Å². The van der Waals surface area contributed by atoms with Crippen molar-refractivity contribution in [1.29, 1.82) is 0 Å². The predicted octanol–water partition coefficient (Wildman–Crippen LogP) is 1.59. The van der Waals surface area contributed by atoms with Crippen LogP contribution in [-0.2, 0) is 30.8 Å². The summed E-state index contributed by atoms with van der Waals surface area (Å²) in [6.45, 7) is 3.58. The minimum atomic E-state index is -3.52. The zero-order valence-corrected chi connectivity index (χ0v) is 18.3. The molecule has 1 aromatic carbocycles. The molecule has 1 amide bonds. The lowest BCUT2D eigenvalue weighted by atomic mass is 9.99. The van der Waals surface area contributed by atoms with Crippen LogP contribution in [-0.4, -0.2) is 57.2 Å². The number of nitrogens with one attached hydrogen (secondary N) is 2. The van der Waals surface area contributed by atoms with Crippen LogP contribution in [0.3, 0.4) is 0 Å². The monoisotopic (exact) mass is 430 g/mol. The van der Waals surface area contributed by atoms with E-state index in [1.165, 1.54) is 18.7 Å². The number of benzene rings is 1. The maximum atomic E-state index is 12.6. The van der Waals surface area contributed by atoms with E-state index in [0.717, 1.165) is 5.56 Å². The Hall–Kier alpha value is -1.58. The van der Waals surface area contributed by atoms with E-state index < -0.39 is 27.9 Å². The smallest absolute Gasteiger partial charge is 0.311 e. The molecule has 1 aromatic rings. The normalized spacial score (nSPS) is 13.5. The molecule has 2 N–H and O–H groups in total. The molecule has 9 heteroatoms. The average Bonchev–Trinajstić information content (AvgIpc) is 2.69. The zero-order valence-electron chi connectivity index (χ0n) is 16.6. The molecule has 7 nitrogen and oxygen atoms in total. The molecule has 2 atom stereocenters. The SMILES string of the molecule is CCOC(=O)C(CNC(=O)C(CCSC)NS(=O)(=O)CC)Cc1ccccc1. The van der Waals surface area contributed by atoms with Gasteiger partial charge in [0.1, 0.15) is 6.04 Å². The second kappa shape index (κ2) is 12.8. The first-order valence-corrected chi connectivity index (χ1v) is 12.3. The van der Waals surface area contributed by atoms with Gasteiger partial charge in [-0.2, -0.15) is 11.8 Å². The summed E-state index contributed by atoms with van der Waals surface area (Å²) >= 11 is 1.53. The molecule has 0 heterocycles. The van der Waals surface area contributed by atoms with E-state index in [2.05, 4.69) is 10.0 Å². The molecule has 0 spiro atoms. The van der Waals surface area contributed by atoms with Gasteiger partial charge in [0, 0.05) is 6.54 Å². The second-order valence-corrected chi connectivity index (χ2v) is 9.27. The van der Waals surface area contributed by atoms with Gasteiger partial charge in [0.25, 0.3) is 0 Å². The molecule has 1 rings (SSSR count). The van der Waals surface area contributed by atoms with E-state index in [1.807, 2.05) is 36.6 Å². The van der Waals surface area contributed by atoms with Crippen LogP contribution in [0.15, 0.2) is 30.3 Å². The van der Waals surface area contributed by atoms with Crippen molar-refractivity contribution in [2.45, 2.75) is 32.7 Å². The lowest BCUT2D eigenvalue weighted by Crippen LogP contribution is -2.49. The van der Waals surface area contributed by atoms with Crippen molar-refractivity contribution in [3.63, 3.8) is 0 Å². The highest BCUT2D eigenvalue weighted by molar-refractivity contribution is 7.98. The van der Waals surface area contributed by atoms with Crippen molar-refractivity contribution in [2.24, 2.45) is 5.92 Å². The summed E-state index contributed by atoms with van der Waals surface area (Å²) in [5.41, 5.74) is 0.959. The van der Waals surface area contributed by atoms with Gasteiger partial charge in [-0.1, -0.05) is 30.3 Å². The van der Waals surface area contributed by atoms with Crippen molar-refractivity contribution in [1.82, 2.24) is 10.0 Å². The highest BCUT2D eigenvalue weighted by atomic mass is 32.2. The number of amides is 1. The number of rotatable bonds is 13. The Kier molecular flexibility index (Phi) is 11.2. The van der Waals surface area contributed by atoms with Crippen LogP contribution >= 0.6 is 11.8 Å². The molecule has 0 fully saturated rings. The number of sulfonamides is 1. The lowest BCUT2D eigenvalue weighted by molar-refractivity contribution is -0.147. The Morgan fingerprint density at radius 1 is 1.18 bits per heavy atom. The van der Waals surface area contributed by atoms with Gasteiger partial charge in [0.05, 0.1) is 18.3 Å². The van der Waals surface area contributed by atoms with Gasteiger partial charge in [-0.05, 0) is 44.3 Å². The summed E-state index contributed by atoms with van der Waals surface area (Å²) < 4.78 is 31.3. The molecule has 28 heavy (non-hydrogen) atoms. The maximum Gasteiger partial charge on any atom is 0.311 e. The summed E-state index contributed by atoms with van der Waals surface area (Å²) in [5, 5.41) is 2.72. The molecule has 0 bridgehead atoms. The molecule has 0 saturated heterocycles. The quantitative estimate of drug-likeness (QED) is 0.461. The third-order valence-electron chi connectivity index (χ3n) is 4.10. The van der Waals surface area contributed by atoms with Gasteiger partial charge in [-0.25, -0.2) is 13.1 Å². The van der Waals surface area contributed by atoms with Crippen LogP contribution in [0.4, 0.5) is 0 Å². The van der Waals surface area contributed by atoms with E-state index in [9.17, 15) is 18.0 Å². The minimum Gasteiger partial charge on any atom is -0.466 e. The van der Waals surface area contributed by atoms with Crippen LogP contribution in [0.1, 0.15) is 25.8 Å². The van der Waals surface area contributed by atoms with Crippen molar-refractivity contribution < 1.29 is 22.7 Å². The Labute approximate surface area is 172 Å². The molecule has 0 aromatic heterocycles. The minimum absolute atomic E-state index is 0.0795. The number of ether oxygens (including phenoxy) is 1. The Morgan fingerprint density at radius 3 is 2.43 bits per heavy atom. The zero-order chi connectivity index (χ0) is 21.0. The summed E-state index contributed by atoms with van der Waals surface area (Å²) in [5.74, 6) is -0.837. The highest BCUT2D eigenvalue weighted by Crippen LogP contribution is 2.11. The van der Waals surface area contributed by atoms with Crippen LogP contribution in [0.2, 0.25) is 0 Å². The molecule has 0 aliphatic heterocycles. The van der Waals surface area contributed by atoms with Gasteiger partial charge in [-0.3, -0.25) is 9.59 Å². The fourth-order valence-corrected chi connectivity index (χ4v) is 3.82. The summed E-state index contributed by atoms with van der Waals surface area (Å²) in [7, 11) is -3.52. The molecule has 0 radical (unpaired) electrons. The first-order chi connectivity index (χ1) is 13.3. The fourth-order valence-electron chi connectivity index (χ4n) is 2.52. The van der Waals surface area contributed by atoms with Gasteiger partial charge in [-0.15, -0.1) is 0 Å². The molecule has 0 aliphatic rings. The lowest BCUT2D eigenvalue weighted by Gasteiger charge is -2.20. The number of hydrogen-bond donors (Lipinski definition) is 2. The van der Waals surface area contributed by atoms with Gasteiger partial charge < -0.3 is 10.1 Å². The highest BCUT2D eigenvalue weighted by Gasteiger charge is 2.26. The third-order valence-corrected chi connectivity index (χ3v) is 6.14. The van der Waals surface area contributed by atoms with E-state index in [0.29, 0.717) is 18.6 Å². The molecular formula is C19H30N2O5S2. The van der Waals surface area contributed by atoms with Gasteiger partial charge in [0.15, 0.2) is 0 Å². The predicted molar refractivity (Wildman–Crippen MR) is 113 cm³/mol. The standard InChI is InChI=1S/C19H30N2O5S2/c1-4-26-19(23)16(13-15-9-7-6-8-10-15)14-20-18(22)17(11-12-27-3)21-28(24,25)5-2/h6-10,16-17,21H,4-5,11-14H2,1-3H3,(H,20,22). The number of thioether (sulfide) groups is 1. The van der Waals surface area contributed by atoms with E-state index in [4.69, 9.17) is 4.74 Å². The van der Waals surface area contributed by atoms with Gasteiger partial charge >= 0.3 is 5.97 Å². The molecule has 0 aliphatic carbocycles. The Morgan fingerprint density at radius 2 is 1.86 bits per heavy atom. The molecule has 2 unspecified atom stereocenters.